The van der Waals surface area contributed by atoms with Gasteiger partial charge < -0.3 is 20.0 Å². The van der Waals surface area contributed by atoms with Crippen LogP contribution < -0.4 is 4.74 Å². The first-order chi connectivity index (χ1) is 13.0. The Balaban J connectivity index is 1.87. The maximum absolute atomic E-state index is 14.1. The van der Waals surface area contributed by atoms with E-state index in [1.54, 1.807) is 24.1 Å². The van der Waals surface area contributed by atoms with Crippen LogP contribution in [-0.4, -0.2) is 35.1 Å². The summed E-state index contributed by atoms with van der Waals surface area (Å²) in [6, 6.07) is 6.50. The summed E-state index contributed by atoms with van der Waals surface area (Å²) in [5.74, 6) is -0.934. The number of likely N-dealkylation sites (tertiary alicyclic amines) is 1. The van der Waals surface area contributed by atoms with Crippen LogP contribution in [0, 0.1) is 35.4 Å². The molecule has 1 fully saturated rings. The molecule has 1 aromatic carbocycles. The van der Waals surface area contributed by atoms with Gasteiger partial charge in [-0.05, 0) is 24.6 Å². The summed E-state index contributed by atoms with van der Waals surface area (Å²) in [4.78, 5) is 17.1. The van der Waals surface area contributed by atoms with Crippen molar-refractivity contribution in [2.24, 2.45) is 5.92 Å². The van der Waals surface area contributed by atoms with Crippen LogP contribution in [0.15, 0.2) is 30.5 Å². The van der Waals surface area contributed by atoms with Crippen molar-refractivity contribution in [1.29, 1.82) is 10.7 Å². The molecule has 27 heavy (non-hydrogen) atoms. The Kier molecular flexibility index (Phi) is 5.28. The number of aromatic amines is 1. The topological polar surface area (TPSA) is 93.0 Å². The zero-order valence-corrected chi connectivity index (χ0v) is 15.2. The van der Waals surface area contributed by atoms with Crippen LogP contribution in [0.4, 0.5) is 4.39 Å². The van der Waals surface area contributed by atoms with Crippen molar-refractivity contribution < 1.29 is 13.9 Å². The van der Waals surface area contributed by atoms with Crippen molar-refractivity contribution in [3.8, 4) is 11.8 Å². The van der Waals surface area contributed by atoms with Crippen LogP contribution in [0.1, 0.15) is 21.6 Å². The fourth-order valence-electron chi connectivity index (χ4n) is 2.80. The van der Waals surface area contributed by atoms with Gasteiger partial charge in [0.15, 0.2) is 17.3 Å². The number of hydrogen-bond donors (Lipinski definition) is 2. The number of benzene rings is 1. The number of hydrogen-bond acceptors (Lipinski definition) is 4. The summed E-state index contributed by atoms with van der Waals surface area (Å²) in [6.07, 6.45) is 3.90. The zero-order chi connectivity index (χ0) is 19.6. The standard InChI is InChI=1S/C19H16ClFN4O2/c1-11-13(19(26)25-9-12(7-23)10-25)8-24-18(11)16(5-6-22)27-15-4-2-3-14(20)17(15)21/h2-6,8,12,22,24H,9-10H2,1H3/b16-5+,22-6?. The molecule has 2 N–H and O–H groups in total. The van der Waals surface area contributed by atoms with E-state index < -0.39 is 5.82 Å². The van der Waals surface area contributed by atoms with Crippen LogP contribution in [0.5, 0.6) is 5.75 Å². The van der Waals surface area contributed by atoms with Gasteiger partial charge in [0.2, 0.25) is 0 Å². The average Bonchev–Trinajstić information content (AvgIpc) is 2.99. The number of aromatic nitrogens is 1. The number of amides is 1. The molecule has 0 unspecified atom stereocenters. The number of rotatable bonds is 5. The maximum atomic E-state index is 14.1. The molecule has 0 aliphatic carbocycles. The van der Waals surface area contributed by atoms with Gasteiger partial charge in [-0.1, -0.05) is 17.7 Å². The molecule has 1 amide bonds. The Bertz CT molecular complexity index is 971. The highest BCUT2D eigenvalue weighted by Crippen LogP contribution is 2.30. The number of nitrogens with zero attached hydrogens (tertiary/aromatic N) is 2. The quantitative estimate of drug-likeness (QED) is 0.605. The molecule has 1 saturated heterocycles. The lowest BCUT2D eigenvalue weighted by Crippen LogP contribution is -2.49. The summed E-state index contributed by atoms with van der Waals surface area (Å²) < 4.78 is 19.8. The molecule has 2 heterocycles. The number of H-pyrrole nitrogens is 1. The van der Waals surface area contributed by atoms with E-state index in [2.05, 4.69) is 11.1 Å². The highest BCUT2D eigenvalue weighted by atomic mass is 35.5. The number of nitrogens with one attached hydrogen (secondary N) is 2. The van der Waals surface area contributed by atoms with Crippen LogP contribution in [-0.2, 0) is 0 Å². The lowest BCUT2D eigenvalue weighted by molar-refractivity contribution is 0.0577. The second-order valence-corrected chi connectivity index (χ2v) is 6.50. The van der Waals surface area contributed by atoms with Crippen LogP contribution in [0.2, 0.25) is 5.02 Å². The Morgan fingerprint density at radius 1 is 1.52 bits per heavy atom. The predicted molar refractivity (Wildman–Crippen MR) is 99.3 cm³/mol. The van der Waals surface area contributed by atoms with Gasteiger partial charge in [-0.3, -0.25) is 4.79 Å². The molecule has 0 atom stereocenters. The maximum Gasteiger partial charge on any atom is 0.255 e. The van der Waals surface area contributed by atoms with Gasteiger partial charge in [0.25, 0.3) is 5.91 Å². The molecule has 0 bridgehead atoms. The molecule has 3 rings (SSSR count). The molecule has 6 nitrogen and oxygen atoms in total. The summed E-state index contributed by atoms with van der Waals surface area (Å²) in [6.45, 7) is 2.54. The van der Waals surface area contributed by atoms with Gasteiger partial charge in [-0.2, -0.15) is 5.26 Å². The fourth-order valence-corrected chi connectivity index (χ4v) is 2.96. The van der Waals surface area contributed by atoms with Crippen molar-refractivity contribution in [3.05, 3.63) is 58.1 Å². The van der Waals surface area contributed by atoms with E-state index in [1.165, 1.54) is 18.2 Å². The second kappa shape index (κ2) is 7.64. The van der Waals surface area contributed by atoms with Crippen molar-refractivity contribution in [2.75, 3.05) is 13.1 Å². The minimum atomic E-state index is -0.710. The first-order valence-corrected chi connectivity index (χ1v) is 8.54. The van der Waals surface area contributed by atoms with Gasteiger partial charge in [0, 0.05) is 31.6 Å². The SMILES string of the molecule is Cc1c(C(=O)N2CC(C#N)C2)c[nH]c1/C(=C\C=N)Oc1cccc(Cl)c1F. The van der Waals surface area contributed by atoms with Crippen molar-refractivity contribution in [3.63, 3.8) is 0 Å². The number of carbonyl (C=O) groups excluding carboxylic acids is 1. The fraction of sp³-hybridized carbons (Fsp3) is 0.211. The molecule has 8 heteroatoms. The normalized spacial score (nSPS) is 14.4. The number of halogens is 2. The molecule has 0 spiro atoms. The first-order valence-electron chi connectivity index (χ1n) is 8.16. The van der Waals surface area contributed by atoms with E-state index >= 15 is 0 Å². The monoisotopic (exact) mass is 386 g/mol. The van der Waals surface area contributed by atoms with Crippen molar-refractivity contribution >= 4 is 29.5 Å². The van der Waals surface area contributed by atoms with Crippen LogP contribution in [0.3, 0.4) is 0 Å². The Labute approximate surface area is 160 Å². The Hall–Kier alpha value is -3.11. The molecule has 138 valence electrons. The third-order valence-electron chi connectivity index (χ3n) is 4.34. The van der Waals surface area contributed by atoms with E-state index in [-0.39, 0.29) is 28.4 Å². The molecular formula is C19H16ClFN4O2. The molecule has 2 aromatic rings. The molecule has 0 saturated carbocycles. The highest BCUT2D eigenvalue weighted by Gasteiger charge is 2.32. The second-order valence-electron chi connectivity index (χ2n) is 6.09. The minimum Gasteiger partial charge on any atom is -0.452 e. The molecule has 1 aliphatic rings. The van der Waals surface area contributed by atoms with Crippen LogP contribution >= 0.6 is 11.6 Å². The van der Waals surface area contributed by atoms with Gasteiger partial charge in [0.1, 0.15) is 0 Å². The van der Waals surface area contributed by atoms with E-state index in [4.69, 9.17) is 27.0 Å². The van der Waals surface area contributed by atoms with Crippen molar-refractivity contribution in [1.82, 2.24) is 9.88 Å². The minimum absolute atomic E-state index is 0.0781. The zero-order valence-electron chi connectivity index (χ0n) is 14.4. The molecule has 1 aliphatic heterocycles. The number of ether oxygens (including phenoxy) is 1. The van der Waals surface area contributed by atoms with Gasteiger partial charge >= 0.3 is 0 Å². The average molecular weight is 387 g/mol. The highest BCUT2D eigenvalue weighted by molar-refractivity contribution is 6.30. The Morgan fingerprint density at radius 2 is 2.26 bits per heavy atom. The molecular weight excluding hydrogens is 371 g/mol. The van der Waals surface area contributed by atoms with Crippen LogP contribution in [0.25, 0.3) is 5.76 Å². The molecule has 1 aromatic heterocycles. The summed E-state index contributed by atoms with van der Waals surface area (Å²) >= 11 is 5.78. The number of carbonyl (C=O) groups is 1. The lowest BCUT2D eigenvalue weighted by Gasteiger charge is -2.35. The smallest absolute Gasteiger partial charge is 0.255 e. The largest absolute Gasteiger partial charge is 0.452 e. The first kappa shape index (κ1) is 18.7. The Morgan fingerprint density at radius 3 is 2.93 bits per heavy atom. The van der Waals surface area contributed by atoms with Gasteiger partial charge in [-0.15, -0.1) is 0 Å². The number of allylic oxidation sites excluding steroid dienone is 1. The van der Waals surface area contributed by atoms with E-state index in [9.17, 15) is 9.18 Å². The summed E-state index contributed by atoms with van der Waals surface area (Å²) in [5, 5.41) is 16.1. The van der Waals surface area contributed by atoms with E-state index in [0.717, 1.165) is 6.21 Å². The van der Waals surface area contributed by atoms with Gasteiger partial charge in [-0.25, -0.2) is 4.39 Å². The lowest BCUT2D eigenvalue weighted by atomic mass is 10.00. The van der Waals surface area contributed by atoms with E-state index in [1.807, 2.05) is 0 Å². The molecule has 0 radical (unpaired) electrons. The third kappa shape index (κ3) is 3.57. The summed E-state index contributed by atoms with van der Waals surface area (Å²) in [5.41, 5.74) is 1.50. The summed E-state index contributed by atoms with van der Waals surface area (Å²) in [7, 11) is 0. The number of nitriles is 1. The van der Waals surface area contributed by atoms with Gasteiger partial charge in [0.05, 0.1) is 28.3 Å². The van der Waals surface area contributed by atoms with E-state index in [0.29, 0.717) is 29.9 Å². The predicted octanol–water partition coefficient (Wildman–Crippen LogP) is 3.78. The van der Waals surface area contributed by atoms with Crippen molar-refractivity contribution in [2.45, 2.75) is 6.92 Å². The third-order valence-corrected chi connectivity index (χ3v) is 4.63.